The highest BCUT2D eigenvalue weighted by Crippen LogP contribution is 2.26. The number of nitrogens with one attached hydrogen (secondary N) is 1. The van der Waals surface area contributed by atoms with Crippen molar-refractivity contribution in [2.75, 3.05) is 39.4 Å². The van der Waals surface area contributed by atoms with Gasteiger partial charge in [-0.15, -0.1) is 12.4 Å². The number of piperazine rings is 1. The lowest BCUT2D eigenvalue weighted by Crippen LogP contribution is -2.46. The molecule has 21 heavy (non-hydrogen) atoms. The molecule has 1 aromatic carbocycles. The number of halogens is 2. The summed E-state index contributed by atoms with van der Waals surface area (Å²) in [6, 6.07) is 8.74. The topological polar surface area (TPSA) is 24.5 Å². The molecule has 2 aliphatic rings. The van der Waals surface area contributed by atoms with Gasteiger partial charge in [0.05, 0.1) is 0 Å². The van der Waals surface area contributed by atoms with E-state index in [0.717, 1.165) is 50.3 Å². The van der Waals surface area contributed by atoms with E-state index in [1.165, 1.54) is 18.4 Å². The van der Waals surface area contributed by atoms with Gasteiger partial charge in [0.15, 0.2) is 0 Å². The van der Waals surface area contributed by atoms with E-state index in [-0.39, 0.29) is 12.4 Å². The Kier molecular flexibility index (Phi) is 6.77. The molecule has 0 amide bonds. The molecule has 1 N–H and O–H groups in total. The molecule has 0 spiro atoms. The zero-order valence-electron chi connectivity index (χ0n) is 12.3. The van der Waals surface area contributed by atoms with Gasteiger partial charge < -0.3 is 10.1 Å². The van der Waals surface area contributed by atoms with Gasteiger partial charge in [0, 0.05) is 43.9 Å². The molecule has 2 aliphatic heterocycles. The van der Waals surface area contributed by atoms with Crippen molar-refractivity contribution in [3.05, 3.63) is 34.9 Å². The van der Waals surface area contributed by atoms with Gasteiger partial charge in [0.1, 0.15) is 0 Å². The number of hydrogen-bond acceptors (Lipinski definition) is 3. The molecule has 118 valence electrons. The largest absolute Gasteiger partial charge is 0.381 e. The van der Waals surface area contributed by atoms with Gasteiger partial charge in [-0.25, -0.2) is 0 Å². The Balaban J connectivity index is 0.00000161. The molecular weight excluding hydrogens is 307 g/mol. The maximum Gasteiger partial charge on any atom is 0.0495 e. The van der Waals surface area contributed by atoms with Crippen LogP contribution in [0.4, 0.5) is 0 Å². The Morgan fingerprint density at radius 3 is 3.05 bits per heavy atom. The Morgan fingerprint density at radius 2 is 2.29 bits per heavy atom. The lowest BCUT2D eigenvalue weighted by atomic mass is 10.0. The third-order valence-corrected chi connectivity index (χ3v) is 4.67. The molecule has 2 saturated heterocycles. The average Bonchev–Trinajstić information content (AvgIpc) is 2.99. The first-order chi connectivity index (χ1) is 9.83. The van der Waals surface area contributed by atoms with Crippen LogP contribution in [0.1, 0.15) is 24.4 Å². The molecule has 0 aromatic heterocycles. The monoisotopic (exact) mass is 330 g/mol. The molecule has 0 saturated carbocycles. The van der Waals surface area contributed by atoms with Crippen molar-refractivity contribution in [3.8, 4) is 0 Å². The minimum atomic E-state index is 0. The zero-order valence-corrected chi connectivity index (χ0v) is 13.8. The Labute approximate surface area is 138 Å². The molecule has 2 atom stereocenters. The lowest BCUT2D eigenvalue weighted by Gasteiger charge is -2.37. The minimum absolute atomic E-state index is 0. The number of hydrogen-bond donors (Lipinski definition) is 1. The Morgan fingerprint density at radius 1 is 1.38 bits per heavy atom. The molecule has 3 nitrogen and oxygen atoms in total. The van der Waals surface area contributed by atoms with Crippen molar-refractivity contribution in [1.82, 2.24) is 10.2 Å². The van der Waals surface area contributed by atoms with Crippen LogP contribution < -0.4 is 5.32 Å². The Bertz CT molecular complexity index is 438. The molecule has 2 heterocycles. The smallest absolute Gasteiger partial charge is 0.0495 e. The first kappa shape index (κ1) is 17.0. The normalized spacial score (nSPS) is 26.5. The van der Waals surface area contributed by atoms with Crippen LogP contribution in [0.15, 0.2) is 24.3 Å². The van der Waals surface area contributed by atoms with E-state index < -0.39 is 0 Å². The molecule has 0 radical (unpaired) electrons. The number of ether oxygens (including phenoxy) is 1. The van der Waals surface area contributed by atoms with Gasteiger partial charge >= 0.3 is 0 Å². The summed E-state index contributed by atoms with van der Waals surface area (Å²) in [4.78, 5) is 2.60. The molecule has 0 bridgehead atoms. The summed E-state index contributed by atoms with van der Waals surface area (Å²) in [6.45, 7) is 6.27. The van der Waals surface area contributed by atoms with Crippen LogP contribution in [-0.4, -0.2) is 44.3 Å². The van der Waals surface area contributed by atoms with Gasteiger partial charge in [-0.3, -0.25) is 4.90 Å². The maximum absolute atomic E-state index is 6.14. The van der Waals surface area contributed by atoms with Gasteiger partial charge in [-0.1, -0.05) is 23.7 Å². The summed E-state index contributed by atoms with van der Waals surface area (Å²) in [6.07, 6.45) is 2.48. The third kappa shape index (κ3) is 4.57. The fourth-order valence-electron chi connectivity index (χ4n) is 3.22. The molecule has 0 aliphatic carbocycles. The van der Waals surface area contributed by atoms with E-state index >= 15 is 0 Å². The van der Waals surface area contributed by atoms with Crippen molar-refractivity contribution in [2.45, 2.75) is 18.9 Å². The fourth-order valence-corrected chi connectivity index (χ4v) is 3.41. The van der Waals surface area contributed by atoms with Crippen LogP contribution >= 0.6 is 24.0 Å². The molecule has 2 unspecified atom stereocenters. The quantitative estimate of drug-likeness (QED) is 0.917. The fraction of sp³-hybridized carbons (Fsp3) is 0.625. The highest BCUT2D eigenvalue weighted by atomic mass is 35.5. The Hall–Kier alpha value is -0.320. The van der Waals surface area contributed by atoms with Crippen LogP contribution in [0.25, 0.3) is 0 Å². The summed E-state index contributed by atoms with van der Waals surface area (Å²) in [5.74, 6) is 0.755. The lowest BCUT2D eigenvalue weighted by molar-refractivity contribution is 0.143. The molecule has 1 aromatic rings. The van der Waals surface area contributed by atoms with Crippen molar-refractivity contribution < 1.29 is 4.74 Å². The number of nitrogens with zero attached hydrogens (tertiary/aromatic N) is 1. The van der Waals surface area contributed by atoms with Crippen molar-refractivity contribution >= 4 is 24.0 Å². The van der Waals surface area contributed by atoms with Crippen LogP contribution in [0, 0.1) is 5.92 Å². The second kappa shape index (κ2) is 8.35. The second-order valence-corrected chi connectivity index (χ2v) is 6.27. The third-order valence-electron chi connectivity index (χ3n) is 4.44. The summed E-state index contributed by atoms with van der Waals surface area (Å²) in [7, 11) is 0. The van der Waals surface area contributed by atoms with E-state index in [1.807, 2.05) is 6.07 Å². The van der Waals surface area contributed by atoms with E-state index in [1.54, 1.807) is 0 Å². The van der Waals surface area contributed by atoms with Crippen LogP contribution in [0.2, 0.25) is 5.02 Å². The van der Waals surface area contributed by atoms with Crippen LogP contribution in [-0.2, 0) is 4.74 Å². The molecule has 3 rings (SSSR count). The van der Waals surface area contributed by atoms with E-state index in [4.69, 9.17) is 16.3 Å². The van der Waals surface area contributed by atoms with Crippen LogP contribution in [0.3, 0.4) is 0 Å². The standard InChI is InChI=1S/C16H23ClN2O.ClH/c17-15-3-1-2-14(10-15)16-11-18-6-8-19(16)7-4-13-5-9-20-12-13;/h1-3,10,13,16,18H,4-9,11-12H2;1H. The zero-order chi connectivity index (χ0) is 13.8. The van der Waals surface area contributed by atoms with E-state index in [9.17, 15) is 0 Å². The van der Waals surface area contributed by atoms with Crippen molar-refractivity contribution in [1.29, 1.82) is 0 Å². The van der Waals surface area contributed by atoms with Crippen molar-refractivity contribution in [3.63, 3.8) is 0 Å². The average molecular weight is 331 g/mol. The highest BCUT2D eigenvalue weighted by molar-refractivity contribution is 6.30. The molecule has 5 heteroatoms. The highest BCUT2D eigenvalue weighted by Gasteiger charge is 2.25. The number of rotatable bonds is 4. The molecule has 2 fully saturated rings. The molecular formula is C16H24Cl2N2O. The summed E-state index contributed by atoms with van der Waals surface area (Å²) >= 11 is 6.14. The predicted molar refractivity (Wildman–Crippen MR) is 89.4 cm³/mol. The SMILES string of the molecule is Cl.Clc1cccc(C2CNCCN2CCC2CCOC2)c1. The van der Waals surface area contributed by atoms with Gasteiger partial charge in [0.2, 0.25) is 0 Å². The minimum Gasteiger partial charge on any atom is -0.381 e. The predicted octanol–water partition coefficient (Wildman–Crippen LogP) is 3.13. The van der Waals surface area contributed by atoms with Crippen LogP contribution in [0.5, 0.6) is 0 Å². The van der Waals surface area contributed by atoms with E-state index in [2.05, 4.69) is 28.4 Å². The van der Waals surface area contributed by atoms with Gasteiger partial charge in [0.25, 0.3) is 0 Å². The van der Waals surface area contributed by atoms with Crippen molar-refractivity contribution in [2.24, 2.45) is 5.92 Å². The first-order valence-corrected chi connectivity index (χ1v) is 7.99. The maximum atomic E-state index is 6.14. The summed E-state index contributed by atoms with van der Waals surface area (Å²) in [5, 5.41) is 4.33. The first-order valence-electron chi connectivity index (χ1n) is 7.61. The van der Waals surface area contributed by atoms with Gasteiger partial charge in [-0.2, -0.15) is 0 Å². The summed E-state index contributed by atoms with van der Waals surface area (Å²) < 4.78 is 5.48. The summed E-state index contributed by atoms with van der Waals surface area (Å²) in [5.41, 5.74) is 1.33. The second-order valence-electron chi connectivity index (χ2n) is 5.83. The number of benzene rings is 1. The van der Waals surface area contributed by atoms with Gasteiger partial charge in [-0.05, 0) is 43.0 Å². The van der Waals surface area contributed by atoms with E-state index in [0.29, 0.717) is 6.04 Å².